The molecule has 4 rings (SSSR count). The zero-order valence-corrected chi connectivity index (χ0v) is 19.7. The van der Waals surface area contributed by atoms with Crippen LogP contribution in [-0.2, 0) is 24.3 Å². The fourth-order valence-electron chi connectivity index (χ4n) is 3.72. The maximum atomic E-state index is 12.6. The first-order valence-electron chi connectivity index (χ1n) is 10.5. The van der Waals surface area contributed by atoms with Crippen molar-refractivity contribution in [2.45, 2.75) is 18.7 Å². The number of para-hydroxylation sites is 1. The van der Waals surface area contributed by atoms with Gasteiger partial charge in [0.15, 0.2) is 6.61 Å². The maximum Gasteiger partial charge on any atom is 0.328 e. The predicted molar refractivity (Wildman–Crippen MR) is 128 cm³/mol. The van der Waals surface area contributed by atoms with Gasteiger partial charge in [0.25, 0.3) is 15.9 Å². The number of anilines is 1. The molecule has 3 aromatic rings. The van der Waals surface area contributed by atoms with E-state index in [4.69, 9.17) is 4.74 Å². The van der Waals surface area contributed by atoms with E-state index in [1.165, 1.54) is 6.07 Å². The van der Waals surface area contributed by atoms with E-state index in [0.29, 0.717) is 11.1 Å². The Kier molecular flexibility index (Phi) is 6.40. The van der Waals surface area contributed by atoms with E-state index in [0.717, 1.165) is 16.9 Å². The average molecular weight is 492 g/mol. The number of hydrogen-bond acceptors (Lipinski definition) is 7. The summed E-state index contributed by atoms with van der Waals surface area (Å²) in [5.74, 6) is -1.13. The number of aromatic nitrogens is 1. The van der Waals surface area contributed by atoms with Crippen molar-refractivity contribution in [2.75, 3.05) is 18.5 Å². The fourth-order valence-corrected chi connectivity index (χ4v) is 4.97. The number of amides is 1. The maximum absolute atomic E-state index is 12.6. The molecular weight excluding hydrogens is 470 g/mol. The number of sulfonamides is 1. The molecule has 11 heteroatoms. The number of nitrogens with zero attached hydrogens (tertiary/aromatic N) is 3. The molecule has 2 heterocycles. The van der Waals surface area contributed by atoms with Crippen LogP contribution in [0.1, 0.15) is 22.4 Å². The van der Waals surface area contributed by atoms with Crippen LogP contribution in [0.25, 0.3) is 5.69 Å². The lowest BCUT2D eigenvalue weighted by Crippen LogP contribution is -2.25. The van der Waals surface area contributed by atoms with Crippen LogP contribution in [0.15, 0.2) is 64.5 Å². The van der Waals surface area contributed by atoms with E-state index in [-0.39, 0.29) is 16.5 Å². The second kappa shape index (κ2) is 9.44. The van der Waals surface area contributed by atoms with E-state index in [1.54, 1.807) is 29.7 Å². The molecule has 1 aromatic heterocycles. The Morgan fingerprint density at radius 2 is 1.80 bits per heavy atom. The van der Waals surface area contributed by atoms with Gasteiger partial charge in [0.05, 0.1) is 10.5 Å². The zero-order valence-electron chi connectivity index (χ0n) is 18.9. The summed E-state index contributed by atoms with van der Waals surface area (Å²) >= 11 is 0. The second-order valence-corrected chi connectivity index (χ2v) is 9.34. The molecule has 35 heavy (non-hydrogen) atoms. The van der Waals surface area contributed by atoms with E-state index < -0.39 is 35.1 Å². The summed E-state index contributed by atoms with van der Waals surface area (Å²) in [6.45, 7) is 2.54. The summed E-state index contributed by atoms with van der Waals surface area (Å²) in [6.07, 6.45) is 0. The Balaban J connectivity index is 1.44. The topological polar surface area (TPSA) is 143 Å². The first-order valence-corrected chi connectivity index (χ1v) is 12.0. The van der Waals surface area contributed by atoms with Crippen LogP contribution < -0.4 is 10.0 Å². The van der Waals surface area contributed by atoms with Crippen molar-refractivity contribution in [1.29, 1.82) is 5.26 Å². The molecule has 0 saturated carbocycles. The summed E-state index contributed by atoms with van der Waals surface area (Å²) in [5.41, 5.74) is 2.94. The summed E-state index contributed by atoms with van der Waals surface area (Å²) in [4.78, 5) is 28.8. The van der Waals surface area contributed by atoms with Crippen LogP contribution in [-0.4, -0.2) is 43.8 Å². The van der Waals surface area contributed by atoms with Gasteiger partial charge in [0, 0.05) is 16.9 Å². The Morgan fingerprint density at radius 3 is 2.51 bits per heavy atom. The standard InChI is InChI=1S/C24H21N5O5S/c1-15-16(2)29(17-8-4-3-5-9-17)24(19(15)12-25)27-21(30)14-34-22(31)13-26-23-18-10-6-7-11-20(18)35(32,33)28-23/h3-11H,13-14H2,1-2H3,(H,26,28)(H,27,30). The summed E-state index contributed by atoms with van der Waals surface area (Å²) < 4.78 is 33.3. The number of hydrogen-bond donors (Lipinski definition) is 2. The smallest absolute Gasteiger partial charge is 0.328 e. The number of nitriles is 1. The molecule has 2 N–H and O–H groups in total. The second-order valence-electron chi connectivity index (χ2n) is 7.69. The van der Waals surface area contributed by atoms with Gasteiger partial charge in [-0.2, -0.15) is 5.26 Å². The van der Waals surface area contributed by atoms with Gasteiger partial charge in [-0.3, -0.25) is 23.9 Å². The highest BCUT2D eigenvalue weighted by atomic mass is 32.2. The number of carbonyl (C=O) groups is 2. The number of rotatable bonds is 6. The van der Waals surface area contributed by atoms with Gasteiger partial charge in [-0.05, 0) is 43.7 Å². The molecule has 1 amide bonds. The van der Waals surface area contributed by atoms with Crippen molar-refractivity contribution in [1.82, 2.24) is 9.29 Å². The van der Waals surface area contributed by atoms with Crippen LogP contribution in [0.2, 0.25) is 0 Å². The lowest BCUT2D eigenvalue weighted by molar-refractivity contribution is -0.145. The van der Waals surface area contributed by atoms with Crippen LogP contribution in [0.3, 0.4) is 0 Å². The Morgan fingerprint density at radius 1 is 1.11 bits per heavy atom. The fraction of sp³-hybridized carbons (Fsp3) is 0.167. The third kappa shape index (κ3) is 4.64. The predicted octanol–water partition coefficient (Wildman–Crippen LogP) is 2.19. The summed E-state index contributed by atoms with van der Waals surface area (Å²) in [7, 11) is -3.72. The Bertz CT molecular complexity index is 1500. The number of aliphatic imine (C=N–C) groups is 1. The van der Waals surface area contributed by atoms with Crippen molar-refractivity contribution in [2.24, 2.45) is 4.99 Å². The number of fused-ring (bicyclic) bond motifs is 1. The van der Waals surface area contributed by atoms with Crippen molar-refractivity contribution in [3.05, 3.63) is 77.0 Å². The molecule has 0 saturated heterocycles. The van der Waals surface area contributed by atoms with Crippen molar-refractivity contribution in [3.63, 3.8) is 0 Å². The molecule has 178 valence electrons. The Labute approximate surface area is 201 Å². The quantitative estimate of drug-likeness (QED) is 0.506. The zero-order chi connectivity index (χ0) is 25.2. The van der Waals surface area contributed by atoms with Gasteiger partial charge >= 0.3 is 5.97 Å². The molecule has 10 nitrogen and oxygen atoms in total. The van der Waals surface area contributed by atoms with Gasteiger partial charge in [0.2, 0.25) is 0 Å². The van der Waals surface area contributed by atoms with E-state index in [9.17, 15) is 23.3 Å². The van der Waals surface area contributed by atoms with Gasteiger partial charge in [0.1, 0.15) is 24.3 Å². The third-order valence-electron chi connectivity index (χ3n) is 5.49. The van der Waals surface area contributed by atoms with E-state index >= 15 is 0 Å². The van der Waals surface area contributed by atoms with E-state index in [2.05, 4.69) is 21.1 Å². The molecule has 1 aliphatic rings. The molecule has 1 aliphatic heterocycles. The number of benzene rings is 2. The van der Waals surface area contributed by atoms with Crippen molar-refractivity contribution in [3.8, 4) is 11.8 Å². The first kappa shape index (κ1) is 23.7. The lowest BCUT2D eigenvalue weighted by atomic mass is 10.2. The normalized spacial score (nSPS) is 14.6. The molecule has 0 radical (unpaired) electrons. The molecular formula is C24H21N5O5S. The molecule has 2 aromatic carbocycles. The third-order valence-corrected chi connectivity index (χ3v) is 6.89. The Hall–Kier alpha value is -4.43. The van der Waals surface area contributed by atoms with Gasteiger partial charge < -0.3 is 10.1 Å². The van der Waals surface area contributed by atoms with Crippen LogP contribution in [0.5, 0.6) is 0 Å². The minimum Gasteiger partial charge on any atom is -0.454 e. The largest absolute Gasteiger partial charge is 0.454 e. The summed E-state index contributed by atoms with van der Waals surface area (Å²) in [6, 6.07) is 17.6. The number of nitrogens with one attached hydrogen (secondary N) is 2. The summed E-state index contributed by atoms with van der Waals surface area (Å²) in [5, 5.41) is 12.3. The molecule has 0 bridgehead atoms. The first-order chi connectivity index (χ1) is 16.7. The number of amidine groups is 1. The minimum absolute atomic E-state index is 0.0345. The van der Waals surface area contributed by atoms with Gasteiger partial charge in [-0.1, -0.05) is 30.3 Å². The average Bonchev–Trinajstić information content (AvgIpc) is 3.25. The lowest BCUT2D eigenvalue weighted by Gasteiger charge is -2.13. The molecule has 0 atom stereocenters. The highest BCUT2D eigenvalue weighted by Gasteiger charge is 2.30. The minimum atomic E-state index is -3.72. The number of carbonyl (C=O) groups excluding carboxylic acids is 2. The van der Waals surface area contributed by atoms with Crippen molar-refractivity contribution < 1.29 is 22.7 Å². The van der Waals surface area contributed by atoms with Crippen molar-refractivity contribution >= 4 is 33.6 Å². The van der Waals surface area contributed by atoms with Crippen LogP contribution >= 0.6 is 0 Å². The molecule has 0 unspecified atom stereocenters. The molecule has 0 aliphatic carbocycles. The van der Waals surface area contributed by atoms with Crippen LogP contribution in [0, 0.1) is 25.2 Å². The van der Waals surface area contributed by atoms with E-state index in [1.807, 2.05) is 37.3 Å². The molecule has 0 spiro atoms. The van der Waals surface area contributed by atoms with Gasteiger partial charge in [-0.15, -0.1) is 0 Å². The number of esters is 1. The highest BCUT2D eigenvalue weighted by Crippen LogP contribution is 2.29. The highest BCUT2D eigenvalue weighted by molar-refractivity contribution is 7.90. The van der Waals surface area contributed by atoms with Gasteiger partial charge in [-0.25, -0.2) is 8.42 Å². The molecule has 0 fully saturated rings. The van der Waals surface area contributed by atoms with Crippen LogP contribution in [0.4, 0.5) is 5.82 Å². The monoisotopic (exact) mass is 491 g/mol. The number of ether oxygens (including phenoxy) is 1. The SMILES string of the molecule is Cc1c(C#N)c(NC(=O)COC(=O)CN=C2NS(=O)(=O)c3ccccc32)n(-c2ccccc2)c1C.